The van der Waals surface area contributed by atoms with E-state index in [9.17, 15) is 23.7 Å². The van der Waals surface area contributed by atoms with E-state index in [0.29, 0.717) is 6.07 Å². The second-order valence-electron chi connectivity index (χ2n) is 3.33. The average molecular weight is 269 g/mol. The smallest absolute Gasteiger partial charge is 0.291 e. The Bertz CT molecular complexity index is 644. The molecule has 0 saturated carbocycles. The van der Waals surface area contributed by atoms with Gasteiger partial charge in [0.1, 0.15) is 12.1 Å². The first-order valence-electron chi connectivity index (χ1n) is 4.79. The van der Waals surface area contributed by atoms with Gasteiger partial charge in [0, 0.05) is 12.1 Å². The summed E-state index contributed by atoms with van der Waals surface area (Å²) in [6, 6.07) is 0.782. The summed E-state index contributed by atoms with van der Waals surface area (Å²) in [6.07, 6.45) is 1.10. The van der Waals surface area contributed by atoms with E-state index < -0.39 is 33.7 Å². The summed E-state index contributed by atoms with van der Waals surface area (Å²) in [4.78, 5) is 24.6. The van der Waals surface area contributed by atoms with Crippen LogP contribution >= 0.6 is 0 Å². The summed E-state index contributed by atoms with van der Waals surface area (Å²) in [5.41, 5.74) is -1.67. The molecule has 0 aliphatic heterocycles. The van der Waals surface area contributed by atoms with Crippen LogP contribution in [0.1, 0.15) is 10.4 Å². The lowest BCUT2D eigenvalue weighted by Gasteiger charge is -2.03. The minimum atomic E-state index is -1.36. The topological polar surface area (TPSA) is 114 Å². The summed E-state index contributed by atoms with van der Waals surface area (Å²) in [5.74, 6) is -3.67. The van der Waals surface area contributed by atoms with Crippen LogP contribution in [0.3, 0.4) is 0 Å². The van der Waals surface area contributed by atoms with E-state index >= 15 is 0 Å². The molecule has 2 N–H and O–H groups in total. The zero-order valence-electron chi connectivity index (χ0n) is 9.05. The van der Waals surface area contributed by atoms with Crippen LogP contribution in [0.5, 0.6) is 0 Å². The van der Waals surface area contributed by atoms with Crippen molar-refractivity contribution in [2.45, 2.75) is 0 Å². The van der Waals surface area contributed by atoms with Crippen LogP contribution in [-0.2, 0) is 0 Å². The number of anilines is 1. The highest BCUT2D eigenvalue weighted by molar-refractivity contribution is 6.03. The van der Waals surface area contributed by atoms with Gasteiger partial charge in [-0.25, -0.2) is 9.49 Å². The molecule has 0 fully saturated rings. The first kappa shape index (κ1) is 12.5. The van der Waals surface area contributed by atoms with Gasteiger partial charge in [0.05, 0.1) is 10.5 Å². The number of nitro benzene ring substituents is 1. The number of nitrogens with zero attached hydrogens (tertiary/aromatic N) is 3. The molecule has 0 atom stereocenters. The molecular formula is C9H5F2N5O3. The molecule has 10 heteroatoms. The Labute approximate surface area is 103 Å². The summed E-state index contributed by atoms with van der Waals surface area (Å²) >= 11 is 0. The lowest BCUT2D eigenvalue weighted by atomic mass is 10.1. The van der Waals surface area contributed by atoms with Gasteiger partial charge >= 0.3 is 5.69 Å². The zero-order valence-corrected chi connectivity index (χ0v) is 9.05. The molecule has 0 aliphatic carbocycles. The van der Waals surface area contributed by atoms with Crippen LogP contribution in [-0.4, -0.2) is 26.0 Å². The highest BCUT2D eigenvalue weighted by atomic mass is 19.1. The Hall–Kier alpha value is -2.91. The zero-order chi connectivity index (χ0) is 14.0. The lowest BCUT2D eigenvalue weighted by molar-refractivity contribution is -0.387. The van der Waals surface area contributed by atoms with Crippen molar-refractivity contribution >= 4 is 17.5 Å². The van der Waals surface area contributed by atoms with E-state index in [0.717, 1.165) is 6.33 Å². The predicted octanol–water partition coefficient (Wildman–Crippen LogP) is 1.24. The summed E-state index contributed by atoms with van der Waals surface area (Å²) in [5, 5.41) is 18.3. The molecule has 0 unspecified atom stereocenters. The number of hydrogen-bond acceptors (Lipinski definition) is 5. The Morgan fingerprint density at radius 1 is 1.37 bits per heavy atom. The number of carbonyl (C=O) groups excluding carboxylic acids is 1. The fourth-order valence-corrected chi connectivity index (χ4v) is 1.29. The first-order chi connectivity index (χ1) is 8.99. The fraction of sp³-hybridized carbons (Fsp3) is 0. The van der Waals surface area contributed by atoms with E-state index in [2.05, 4.69) is 20.5 Å². The van der Waals surface area contributed by atoms with Crippen molar-refractivity contribution in [3.05, 3.63) is 45.8 Å². The minimum Gasteiger partial charge on any atom is -0.291 e. The normalized spacial score (nSPS) is 10.2. The van der Waals surface area contributed by atoms with Gasteiger partial charge in [-0.1, -0.05) is 0 Å². The predicted molar refractivity (Wildman–Crippen MR) is 57.3 cm³/mol. The largest absolute Gasteiger partial charge is 0.305 e. The number of amides is 1. The van der Waals surface area contributed by atoms with Crippen LogP contribution in [0, 0.1) is 21.7 Å². The Kier molecular flexibility index (Phi) is 3.14. The Morgan fingerprint density at radius 2 is 2.11 bits per heavy atom. The molecule has 8 nitrogen and oxygen atoms in total. The van der Waals surface area contributed by atoms with Gasteiger partial charge in [0.25, 0.3) is 5.91 Å². The number of nitrogens with one attached hydrogen (secondary N) is 2. The summed E-state index contributed by atoms with van der Waals surface area (Å²) in [6.45, 7) is 0. The molecule has 1 amide bonds. The van der Waals surface area contributed by atoms with Gasteiger partial charge in [-0.15, -0.1) is 0 Å². The third-order valence-corrected chi connectivity index (χ3v) is 2.12. The highest BCUT2D eigenvalue weighted by Gasteiger charge is 2.22. The second kappa shape index (κ2) is 4.76. The molecule has 0 bridgehead atoms. The van der Waals surface area contributed by atoms with Crippen LogP contribution in [0.4, 0.5) is 20.4 Å². The highest BCUT2D eigenvalue weighted by Crippen LogP contribution is 2.22. The number of hydrogen-bond donors (Lipinski definition) is 2. The Balaban J connectivity index is 2.36. The molecule has 0 spiro atoms. The number of nitro groups is 1. The van der Waals surface area contributed by atoms with Crippen molar-refractivity contribution in [2.24, 2.45) is 0 Å². The lowest BCUT2D eigenvalue weighted by Crippen LogP contribution is -2.15. The number of benzene rings is 1. The van der Waals surface area contributed by atoms with Crippen molar-refractivity contribution in [3.63, 3.8) is 0 Å². The first-order valence-corrected chi connectivity index (χ1v) is 4.79. The fourth-order valence-electron chi connectivity index (χ4n) is 1.29. The van der Waals surface area contributed by atoms with E-state index in [1.165, 1.54) is 0 Å². The molecule has 2 rings (SSSR count). The van der Waals surface area contributed by atoms with Gasteiger partial charge in [-0.2, -0.15) is 14.5 Å². The van der Waals surface area contributed by atoms with E-state index in [1.807, 2.05) is 0 Å². The van der Waals surface area contributed by atoms with Crippen molar-refractivity contribution in [2.75, 3.05) is 5.32 Å². The molecule has 1 aromatic carbocycles. The number of H-pyrrole nitrogens is 1. The van der Waals surface area contributed by atoms with E-state index in [4.69, 9.17) is 0 Å². The maximum Gasteiger partial charge on any atom is 0.305 e. The molecule has 0 aliphatic rings. The Morgan fingerprint density at radius 3 is 2.68 bits per heavy atom. The number of aromatic nitrogens is 3. The molecule has 0 radical (unpaired) electrons. The summed E-state index contributed by atoms with van der Waals surface area (Å²) < 4.78 is 26.5. The number of carbonyl (C=O) groups is 1. The SMILES string of the molecule is O=C(Nc1ncn[nH]1)c1cc([N+](=O)[O-])c(F)cc1F. The number of aromatic amines is 1. The molecule has 98 valence electrons. The van der Waals surface area contributed by atoms with Crippen molar-refractivity contribution < 1.29 is 18.5 Å². The standard InChI is InChI=1S/C9H5F2N5O3/c10-5-2-6(11)7(16(18)19)1-4(5)8(17)14-9-12-3-13-15-9/h1-3H,(H2,12,13,14,15,17). The van der Waals surface area contributed by atoms with Gasteiger partial charge in [0.15, 0.2) is 0 Å². The van der Waals surface area contributed by atoms with Gasteiger partial charge in [-0.3, -0.25) is 20.2 Å². The number of halogens is 2. The van der Waals surface area contributed by atoms with Gasteiger partial charge in [0.2, 0.25) is 11.8 Å². The van der Waals surface area contributed by atoms with Crippen LogP contribution in [0.2, 0.25) is 0 Å². The second-order valence-corrected chi connectivity index (χ2v) is 3.33. The molecular weight excluding hydrogens is 264 g/mol. The maximum absolute atomic E-state index is 13.4. The molecule has 0 saturated heterocycles. The van der Waals surface area contributed by atoms with Crippen molar-refractivity contribution in [1.82, 2.24) is 15.2 Å². The summed E-state index contributed by atoms with van der Waals surface area (Å²) in [7, 11) is 0. The third-order valence-electron chi connectivity index (χ3n) is 2.12. The van der Waals surface area contributed by atoms with Gasteiger partial charge in [-0.05, 0) is 0 Å². The number of rotatable bonds is 3. The molecule has 1 aromatic heterocycles. The average Bonchev–Trinajstić information content (AvgIpc) is 2.81. The third kappa shape index (κ3) is 2.51. The van der Waals surface area contributed by atoms with Crippen LogP contribution in [0.25, 0.3) is 0 Å². The van der Waals surface area contributed by atoms with E-state index in [1.54, 1.807) is 0 Å². The van der Waals surface area contributed by atoms with Crippen LogP contribution < -0.4 is 5.32 Å². The monoisotopic (exact) mass is 269 g/mol. The van der Waals surface area contributed by atoms with Gasteiger partial charge < -0.3 is 0 Å². The molecule has 19 heavy (non-hydrogen) atoms. The maximum atomic E-state index is 13.4. The molecule has 1 heterocycles. The minimum absolute atomic E-state index is 0.0728. The van der Waals surface area contributed by atoms with E-state index in [-0.39, 0.29) is 12.0 Å². The van der Waals surface area contributed by atoms with Crippen LogP contribution in [0.15, 0.2) is 18.5 Å². The molecule has 2 aromatic rings. The van der Waals surface area contributed by atoms with Crippen molar-refractivity contribution in [3.8, 4) is 0 Å². The quantitative estimate of drug-likeness (QED) is 0.642. The van der Waals surface area contributed by atoms with Crippen molar-refractivity contribution in [1.29, 1.82) is 0 Å².